The van der Waals surface area contributed by atoms with Gasteiger partial charge in [-0.05, 0) is 48.5 Å². The van der Waals surface area contributed by atoms with Crippen LogP contribution in [0.1, 0.15) is 32.6 Å². The smallest absolute Gasteiger partial charge is 0.172 e. The van der Waals surface area contributed by atoms with E-state index in [1.165, 1.54) is 25.7 Å². The average Bonchev–Trinajstić information content (AvgIpc) is 2.79. The van der Waals surface area contributed by atoms with Crippen molar-refractivity contribution in [2.45, 2.75) is 45.3 Å². The molecule has 0 aliphatic heterocycles. The quantitative estimate of drug-likeness (QED) is 0.834. The standard InChI is InChI=1S/C10H15BrN2O/c1-2-13-10(11)9(7-12-13)14-8-5-3-4-6-8/h7-8H,2-6H2,1H3. The monoisotopic (exact) mass is 258 g/mol. The average molecular weight is 259 g/mol. The number of hydrogen-bond acceptors (Lipinski definition) is 2. The molecule has 0 spiro atoms. The van der Waals surface area contributed by atoms with E-state index in [1.54, 1.807) is 6.20 Å². The minimum Gasteiger partial charge on any atom is -0.486 e. The highest BCUT2D eigenvalue weighted by Gasteiger charge is 2.19. The van der Waals surface area contributed by atoms with E-state index in [2.05, 4.69) is 28.0 Å². The van der Waals surface area contributed by atoms with E-state index >= 15 is 0 Å². The van der Waals surface area contributed by atoms with E-state index in [0.29, 0.717) is 6.10 Å². The summed E-state index contributed by atoms with van der Waals surface area (Å²) in [5.74, 6) is 0.888. The zero-order valence-electron chi connectivity index (χ0n) is 8.37. The Morgan fingerprint density at radius 3 is 2.86 bits per heavy atom. The molecule has 0 amide bonds. The van der Waals surface area contributed by atoms with Crippen molar-refractivity contribution in [3.05, 3.63) is 10.8 Å². The Morgan fingerprint density at radius 1 is 1.57 bits per heavy atom. The van der Waals surface area contributed by atoms with Crippen LogP contribution in [0.5, 0.6) is 5.75 Å². The third kappa shape index (κ3) is 1.95. The fourth-order valence-corrected chi connectivity index (χ4v) is 2.38. The molecule has 0 atom stereocenters. The van der Waals surface area contributed by atoms with Crippen LogP contribution < -0.4 is 4.74 Å². The summed E-state index contributed by atoms with van der Waals surface area (Å²) in [6.45, 7) is 2.94. The molecule has 1 heterocycles. The van der Waals surface area contributed by atoms with Crippen molar-refractivity contribution < 1.29 is 4.74 Å². The van der Waals surface area contributed by atoms with Crippen LogP contribution in [0, 0.1) is 0 Å². The van der Waals surface area contributed by atoms with Crippen LogP contribution in [-0.2, 0) is 6.54 Å². The Labute approximate surface area is 92.6 Å². The Balaban J connectivity index is 2.04. The second-order valence-electron chi connectivity index (χ2n) is 3.64. The highest BCUT2D eigenvalue weighted by atomic mass is 79.9. The molecule has 3 nitrogen and oxygen atoms in total. The van der Waals surface area contributed by atoms with Gasteiger partial charge in [0.05, 0.1) is 12.3 Å². The van der Waals surface area contributed by atoms with E-state index < -0.39 is 0 Å². The first-order valence-corrected chi connectivity index (χ1v) is 5.98. The van der Waals surface area contributed by atoms with Crippen LogP contribution in [0.15, 0.2) is 10.8 Å². The minimum atomic E-state index is 0.404. The summed E-state index contributed by atoms with van der Waals surface area (Å²) in [5, 5.41) is 4.22. The van der Waals surface area contributed by atoms with Gasteiger partial charge in [-0.2, -0.15) is 5.10 Å². The fraction of sp³-hybridized carbons (Fsp3) is 0.700. The Hall–Kier alpha value is -0.510. The van der Waals surface area contributed by atoms with Crippen molar-refractivity contribution in [2.75, 3.05) is 0 Å². The van der Waals surface area contributed by atoms with E-state index in [-0.39, 0.29) is 0 Å². The SMILES string of the molecule is CCn1ncc(OC2CCCC2)c1Br. The summed E-state index contributed by atoms with van der Waals surface area (Å²) in [5.41, 5.74) is 0. The summed E-state index contributed by atoms with van der Waals surface area (Å²) in [7, 11) is 0. The molecule has 14 heavy (non-hydrogen) atoms. The molecule has 0 bridgehead atoms. The number of aromatic nitrogens is 2. The molecule has 1 saturated carbocycles. The molecular weight excluding hydrogens is 244 g/mol. The molecule has 78 valence electrons. The van der Waals surface area contributed by atoms with Gasteiger partial charge in [0.1, 0.15) is 4.60 Å². The van der Waals surface area contributed by atoms with Crippen molar-refractivity contribution in [1.82, 2.24) is 9.78 Å². The summed E-state index contributed by atoms with van der Waals surface area (Å²) in [4.78, 5) is 0. The van der Waals surface area contributed by atoms with Gasteiger partial charge in [-0.3, -0.25) is 4.68 Å². The first kappa shape index (κ1) is 10.0. The molecule has 4 heteroatoms. The van der Waals surface area contributed by atoms with Crippen LogP contribution >= 0.6 is 15.9 Å². The van der Waals surface area contributed by atoms with Crippen LogP contribution in [0.25, 0.3) is 0 Å². The lowest BCUT2D eigenvalue weighted by molar-refractivity contribution is 0.208. The molecule has 1 fully saturated rings. The maximum atomic E-state index is 5.86. The van der Waals surface area contributed by atoms with Gasteiger partial charge in [-0.15, -0.1) is 0 Å². The summed E-state index contributed by atoms with van der Waals surface area (Å²) < 4.78 is 8.72. The van der Waals surface area contributed by atoms with Crippen LogP contribution in [0.2, 0.25) is 0 Å². The Morgan fingerprint density at radius 2 is 2.29 bits per heavy atom. The fourth-order valence-electron chi connectivity index (χ4n) is 1.84. The lowest BCUT2D eigenvalue weighted by atomic mass is 10.3. The van der Waals surface area contributed by atoms with Crippen LogP contribution in [0.4, 0.5) is 0 Å². The predicted molar refractivity (Wildman–Crippen MR) is 58.5 cm³/mol. The van der Waals surface area contributed by atoms with Crippen LogP contribution in [-0.4, -0.2) is 15.9 Å². The van der Waals surface area contributed by atoms with Gasteiger partial charge in [0, 0.05) is 6.54 Å². The molecule has 0 aromatic carbocycles. The van der Waals surface area contributed by atoms with Crippen molar-refractivity contribution in [1.29, 1.82) is 0 Å². The number of ether oxygens (including phenoxy) is 1. The topological polar surface area (TPSA) is 27.1 Å². The second-order valence-corrected chi connectivity index (χ2v) is 4.39. The molecular formula is C10H15BrN2O. The molecule has 1 aliphatic carbocycles. The Bertz CT molecular complexity index is 305. The molecule has 1 aliphatic rings. The van der Waals surface area contributed by atoms with Crippen molar-refractivity contribution in [2.24, 2.45) is 0 Å². The molecule has 0 N–H and O–H groups in total. The maximum Gasteiger partial charge on any atom is 0.172 e. The third-order valence-corrected chi connectivity index (χ3v) is 3.44. The molecule has 0 saturated heterocycles. The van der Waals surface area contributed by atoms with Crippen LogP contribution in [0.3, 0.4) is 0 Å². The molecule has 1 aromatic heterocycles. The van der Waals surface area contributed by atoms with Gasteiger partial charge < -0.3 is 4.74 Å². The molecule has 1 aromatic rings. The first-order valence-electron chi connectivity index (χ1n) is 5.19. The van der Waals surface area contributed by atoms with Gasteiger partial charge in [0.25, 0.3) is 0 Å². The van der Waals surface area contributed by atoms with Gasteiger partial charge in [-0.25, -0.2) is 0 Å². The number of hydrogen-bond donors (Lipinski definition) is 0. The first-order chi connectivity index (χ1) is 6.81. The zero-order valence-corrected chi connectivity index (χ0v) is 9.96. The number of halogens is 1. The maximum absolute atomic E-state index is 5.86. The highest BCUT2D eigenvalue weighted by Crippen LogP contribution is 2.29. The summed E-state index contributed by atoms with van der Waals surface area (Å²) in [6, 6.07) is 0. The van der Waals surface area contributed by atoms with Crippen molar-refractivity contribution in [3.8, 4) is 5.75 Å². The molecule has 0 unspecified atom stereocenters. The second kappa shape index (κ2) is 4.34. The minimum absolute atomic E-state index is 0.404. The van der Waals surface area contributed by atoms with E-state index in [9.17, 15) is 0 Å². The van der Waals surface area contributed by atoms with Gasteiger partial charge in [-0.1, -0.05) is 0 Å². The van der Waals surface area contributed by atoms with Gasteiger partial charge in [0.15, 0.2) is 5.75 Å². The van der Waals surface area contributed by atoms with Gasteiger partial charge in [0.2, 0.25) is 0 Å². The molecule has 0 radical (unpaired) electrons. The zero-order chi connectivity index (χ0) is 9.97. The number of nitrogens with zero attached hydrogens (tertiary/aromatic N) is 2. The molecule has 2 rings (SSSR count). The number of aryl methyl sites for hydroxylation is 1. The van der Waals surface area contributed by atoms with Crippen molar-refractivity contribution >= 4 is 15.9 Å². The van der Waals surface area contributed by atoms with E-state index in [0.717, 1.165) is 16.9 Å². The normalized spacial score (nSPS) is 17.6. The summed E-state index contributed by atoms with van der Waals surface area (Å²) in [6.07, 6.45) is 7.16. The lowest BCUT2D eigenvalue weighted by Gasteiger charge is -2.11. The number of rotatable bonds is 3. The predicted octanol–water partition coefficient (Wildman–Crippen LogP) is 2.99. The van der Waals surface area contributed by atoms with E-state index in [4.69, 9.17) is 4.74 Å². The van der Waals surface area contributed by atoms with E-state index in [1.807, 2.05) is 4.68 Å². The third-order valence-electron chi connectivity index (χ3n) is 2.64. The van der Waals surface area contributed by atoms with Gasteiger partial charge >= 0.3 is 0 Å². The van der Waals surface area contributed by atoms with Crippen molar-refractivity contribution in [3.63, 3.8) is 0 Å². The summed E-state index contributed by atoms with van der Waals surface area (Å²) >= 11 is 3.49. The largest absolute Gasteiger partial charge is 0.486 e. The highest BCUT2D eigenvalue weighted by molar-refractivity contribution is 9.10. The lowest BCUT2D eigenvalue weighted by Crippen LogP contribution is -2.10. The Kier molecular flexibility index (Phi) is 3.11.